The minimum absolute atomic E-state index is 0.0105. The lowest BCUT2D eigenvalue weighted by molar-refractivity contribution is -0.143. The van der Waals surface area contributed by atoms with Gasteiger partial charge < -0.3 is 15.1 Å². The first-order valence-electron chi connectivity index (χ1n) is 13.4. The van der Waals surface area contributed by atoms with Crippen LogP contribution in [0.1, 0.15) is 32.1 Å². The SMILES string of the molecule is CNC1CCN(C[C@@H]2CCCN2C(=O)CN2CCC[C@H](NS(=O)(=O)c3ccc4cc(Cl)ccc4c3)C2=O)C1. The number of hydrogen-bond acceptors (Lipinski definition) is 6. The van der Waals surface area contributed by atoms with Gasteiger partial charge in [0.05, 0.1) is 11.4 Å². The molecule has 0 spiro atoms. The van der Waals surface area contributed by atoms with E-state index in [0.717, 1.165) is 49.7 Å². The van der Waals surface area contributed by atoms with Gasteiger partial charge in [-0.25, -0.2) is 8.42 Å². The fraction of sp³-hybridized carbons (Fsp3) is 0.556. The zero-order valence-corrected chi connectivity index (χ0v) is 23.3. The monoisotopic (exact) mass is 561 g/mol. The van der Waals surface area contributed by atoms with E-state index in [1.165, 1.54) is 11.0 Å². The van der Waals surface area contributed by atoms with Crippen molar-refractivity contribution < 1.29 is 18.0 Å². The van der Waals surface area contributed by atoms with Crippen molar-refractivity contribution in [1.29, 1.82) is 0 Å². The molecule has 3 heterocycles. The zero-order chi connectivity index (χ0) is 26.9. The number of nitrogens with one attached hydrogen (secondary N) is 2. The molecule has 3 saturated heterocycles. The van der Waals surface area contributed by atoms with Gasteiger partial charge in [-0.15, -0.1) is 0 Å². The minimum Gasteiger partial charge on any atom is -0.337 e. The highest BCUT2D eigenvalue weighted by molar-refractivity contribution is 7.89. The molecule has 2 amide bonds. The Morgan fingerprint density at radius 3 is 2.58 bits per heavy atom. The van der Waals surface area contributed by atoms with Crippen LogP contribution in [0.3, 0.4) is 0 Å². The first-order valence-corrected chi connectivity index (χ1v) is 15.3. The molecule has 3 fully saturated rings. The molecule has 3 atom stereocenters. The number of piperidine rings is 1. The molecule has 0 bridgehead atoms. The summed E-state index contributed by atoms with van der Waals surface area (Å²) in [4.78, 5) is 32.5. The lowest BCUT2D eigenvalue weighted by Gasteiger charge is -2.34. The fourth-order valence-corrected chi connectivity index (χ4v) is 7.40. The Bertz CT molecular complexity index is 1310. The number of sulfonamides is 1. The molecular formula is C27H36ClN5O4S. The maximum Gasteiger partial charge on any atom is 0.242 e. The van der Waals surface area contributed by atoms with E-state index in [9.17, 15) is 18.0 Å². The standard InChI is InChI=1S/C27H36ClN5O4S/c1-29-22-10-13-31(16-22)17-23-4-2-12-33(23)26(34)18-32-11-3-5-25(27(32)35)30-38(36,37)24-9-7-19-14-21(28)8-6-20(19)15-24/h6-9,14-15,22-23,25,29-30H,2-5,10-13,16-18H2,1H3/t22?,23-,25-/m0/s1. The third-order valence-corrected chi connectivity index (χ3v) is 9.79. The Hall–Kier alpha value is -2.24. The number of carbonyl (C=O) groups is 2. The molecule has 9 nitrogen and oxygen atoms in total. The van der Waals surface area contributed by atoms with E-state index < -0.39 is 16.1 Å². The highest BCUT2D eigenvalue weighted by Crippen LogP contribution is 2.25. The van der Waals surface area contributed by atoms with E-state index in [0.29, 0.717) is 37.0 Å². The van der Waals surface area contributed by atoms with Crippen LogP contribution in [0.25, 0.3) is 10.8 Å². The average Bonchev–Trinajstić information content (AvgIpc) is 3.55. The fourth-order valence-electron chi connectivity index (χ4n) is 5.96. The summed E-state index contributed by atoms with van der Waals surface area (Å²) in [6.07, 6.45) is 4.09. The normalized spacial score (nSPS) is 25.0. The Labute approximate surface area is 229 Å². The third-order valence-electron chi connectivity index (χ3n) is 8.09. The average molecular weight is 562 g/mol. The summed E-state index contributed by atoms with van der Waals surface area (Å²) in [6.45, 7) is 4.03. The van der Waals surface area contributed by atoms with Crippen molar-refractivity contribution in [2.75, 3.05) is 46.3 Å². The second-order valence-corrected chi connectivity index (χ2v) is 12.8. The molecule has 2 aromatic carbocycles. The number of likely N-dealkylation sites (tertiary alicyclic amines) is 3. The lowest BCUT2D eigenvalue weighted by Crippen LogP contribution is -2.55. The van der Waals surface area contributed by atoms with Crippen LogP contribution in [-0.2, 0) is 19.6 Å². The topological polar surface area (TPSA) is 102 Å². The predicted molar refractivity (Wildman–Crippen MR) is 148 cm³/mol. The van der Waals surface area contributed by atoms with Crippen LogP contribution in [-0.4, -0.2) is 99.4 Å². The molecule has 38 heavy (non-hydrogen) atoms. The summed E-state index contributed by atoms with van der Waals surface area (Å²) in [5.74, 6) is -0.394. The molecule has 5 rings (SSSR count). The summed E-state index contributed by atoms with van der Waals surface area (Å²) < 4.78 is 28.9. The van der Waals surface area contributed by atoms with Crippen LogP contribution in [0.5, 0.6) is 0 Å². The maximum atomic E-state index is 13.3. The molecule has 0 aliphatic carbocycles. The molecule has 3 aliphatic rings. The highest BCUT2D eigenvalue weighted by Gasteiger charge is 2.37. The third kappa shape index (κ3) is 5.99. The Morgan fingerprint density at radius 2 is 1.79 bits per heavy atom. The van der Waals surface area contributed by atoms with Crippen molar-refractivity contribution in [2.45, 2.75) is 55.1 Å². The number of hydrogen-bond donors (Lipinski definition) is 2. The number of amides is 2. The van der Waals surface area contributed by atoms with E-state index in [1.54, 1.807) is 30.3 Å². The molecule has 1 unspecified atom stereocenters. The summed E-state index contributed by atoms with van der Waals surface area (Å²) >= 11 is 6.04. The maximum absolute atomic E-state index is 13.3. The molecule has 0 aromatic heterocycles. The molecule has 206 valence electrons. The Balaban J connectivity index is 1.21. The first kappa shape index (κ1) is 27.3. The summed E-state index contributed by atoms with van der Waals surface area (Å²) in [5, 5.41) is 5.49. The Kier molecular flexibility index (Phi) is 8.25. The van der Waals surface area contributed by atoms with Crippen LogP contribution < -0.4 is 10.0 Å². The number of likely N-dealkylation sites (N-methyl/N-ethyl adjacent to an activating group) is 1. The quantitative estimate of drug-likeness (QED) is 0.511. The van der Waals surface area contributed by atoms with Gasteiger partial charge in [0.1, 0.15) is 6.04 Å². The van der Waals surface area contributed by atoms with Gasteiger partial charge in [0.2, 0.25) is 21.8 Å². The number of halogens is 1. The van der Waals surface area contributed by atoms with Crippen molar-refractivity contribution in [3.63, 3.8) is 0 Å². The molecule has 2 N–H and O–H groups in total. The van der Waals surface area contributed by atoms with Gasteiger partial charge in [0.25, 0.3) is 0 Å². The van der Waals surface area contributed by atoms with Crippen LogP contribution in [0.4, 0.5) is 0 Å². The van der Waals surface area contributed by atoms with Crippen LogP contribution in [0.15, 0.2) is 41.3 Å². The van der Waals surface area contributed by atoms with Crippen LogP contribution in [0.2, 0.25) is 5.02 Å². The number of benzene rings is 2. The van der Waals surface area contributed by atoms with E-state index >= 15 is 0 Å². The molecule has 3 aliphatic heterocycles. The van der Waals surface area contributed by atoms with Gasteiger partial charge in [0, 0.05) is 43.3 Å². The van der Waals surface area contributed by atoms with Crippen molar-refractivity contribution in [2.24, 2.45) is 0 Å². The van der Waals surface area contributed by atoms with Crippen molar-refractivity contribution in [3.8, 4) is 0 Å². The van der Waals surface area contributed by atoms with Gasteiger partial charge in [-0.05, 0) is 80.7 Å². The molecular weight excluding hydrogens is 526 g/mol. The second-order valence-electron chi connectivity index (χ2n) is 10.6. The van der Waals surface area contributed by atoms with Gasteiger partial charge >= 0.3 is 0 Å². The smallest absolute Gasteiger partial charge is 0.242 e. The predicted octanol–water partition coefficient (Wildman–Crippen LogP) is 2.05. The van der Waals surface area contributed by atoms with Crippen molar-refractivity contribution in [3.05, 3.63) is 41.4 Å². The van der Waals surface area contributed by atoms with Gasteiger partial charge in [-0.1, -0.05) is 23.7 Å². The van der Waals surface area contributed by atoms with Gasteiger partial charge in [-0.3, -0.25) is 14.5 Å². The molecule has 0 radical (unpaired) electrons. The second kappa shape index (κ2) is 11.5. The zero-order valence-electron chi connectivity index (χ0n) is 21.7. The van der Waals surface area contributed by atoms with E-state index in [-0.39, 0.29) is 29.3 Å². The van der Waals surface area contributed by atoms with Crippen LogP contribution in [0, 0.1) is 0 Å². The van der Waals surface area contributed by atoms with E-state index in [2.05, 4.69) is 14.9 Å². The van der Waals surface area contributed by atoms with E-state index in [4.69, 9.17) is 11.6 Å². The van der Waals surface area contributed by atoms with E-state index in [1.807, 2.05) is 11.9 Å². The van der Waals surface area contributed by atoms with Gasteiger partial charge in [-0.2, -0.15) is 4.72 Å². The highest BCUT2D eigenvalue weighted by atomic mass is 35.5. The molecule has 11 heteroatoms. The summed E-state index contributed by atoms with van der Waals surface area (Å²) in [5.41, 5.74) is 0. The van der Waals surface area contributed by atoms with Crippen molar-refractivity contribution in [1.82, 2.24) is 24.7 Å². The number of rotatable bonds is 8. The Morgan fingerprint density at radius 1 is 1.03 bits per heavy atom. The van der Waals surface area contributed by atoms with Crippen LogP contribution >= 0.6 is 11.6 Å². The summed E-state index contributed by atoms with van der Waals surface area (Å²) in [6, 6.07) is 9.83. The summed E-state index contributed by atoms with van der Waals surface area (Å²) in [7, 11) is -1.94. The largest absolute Gasteiger partial charge is 0.337 e. The number of fused-ring (bicyclic) bond motifs is 1. The first-order chi connectivity index (χ1) is 18.2. The van der Waals surface area contributed by atoms with Gasteiger partial charge in [0.15, 0.2) is 0 Å². The van der Waals surface area contributed by atoms with Crippen molar-refractivity contribution >= 4 is 44.2 Å². The number of carbonyl (C=O) groups excluding carboxylic acids is 2. The lowest BCUT2D eigenvalue weighted by atomic mass is 10.1. The minimum atomic E-state index is -3.93. The molecule has 2 aromatic rings. The number of nitrogens with zero attached hydrogens (tertiary/aromatic N) is 3. The molecule has 0 saturated carbocycles.